The van der Waals surface area contributed by atoms with Crippen molar-refractivity contribution >= 4 is 39.9 Å². The van der Waals surface area contributed by atoms with Crippen molar-refractivity contribution in [3.8, 4) is 5.88 Å². The monoisotopic (exact) mass is 374 g/mol. The van der Waals surface area contributed by atoms with Crippen LogP contribution in [0, 0.1) is 5.82 Å². The minimum Gasteiger partial charge on any atom is -0.480 e. The van der Waals surface area contributed by atoms with Gasteiger partial charge in [0.15, 0.2) is 11.0 Å². The summed E-state index contributed by atoms with van der Waals surface area (Å²) in [5, 5.41) is 10.3. The van der Waals surface area contributed by atoms with E-state index >= 15 is 0 Å². The van der Waals surface area contributed by atoms with Gasteiger partial charge in [-0.2, -0.15) is 9.97 Å². The molecule has 0 aliphatic carbocycles. The standard InChI is InChI=1S/C15H17Cl2FN4O2/c1-15(23)5-3-4-6-22(7-15)12-8-10(19-14(17)21-12)9(18)11(16)20-13(8)24-2/h23H,3-7H2,1-2H3/t15-/m0/s1. The zero-order valence-corrected chi connectivity index (χ0v) is 14.8. The van der Waals surface area contributed by atoms with E-state index in [1.807, 2.05) is 4.90 Å². The van der Waals surface area contributed by atoms with Crippen molar-refractivity contribution in [2.45, 2.75) is 31.8 Å². The number of aromatic nitrogens is 3. The Morgan fingerprint density at radius 2 is 2.00 bits per heavy atom. The highest BCUT2D eigenvalue weighted by atomic mass is 35.5. The lowest BCUT2D eigenvalue weighted by Gasteiger charge is -2.30. The molecule has 1 aliphatic rings. The van der Waals surface area contributed by atoms with Crippen LogP contribution in [0.4, 0.5) is 10.2 Å². The molecule has 2 aromatic rings. The number of ether oxygens (including phenoxy) is 1. The largest absolute Gasteiger partial charge is 0.480 e. The van der Waals surface area contributed by atoms with Crippen LogP contribution in [0.25, 0.3) is 10.9 Å². The highest BCUT2D eigenvalue weighted by Gasteiger charge is 2.30. The van der Waals surface area contributed by atoms with Crippen LogP contribution in [0.1, 0.15) is 26.2 Å². The molecule has 0 saturated carbocycles. The fraction of sp³-hybridized carbons (Fsp3) is 0.533. The van der Waals surface area contributed by atoms with Crippen LogP contribution in [0.3, 0.4) is 0 Å². The lowest BCUT2D eigenvalue weighted by atomic mass is 10.0. The van der Waals surface area contributed by atoms with Gasteiger partial charge in [0, 0.05) is 13.1 Å². The average molecular weight is 375 g/mol. The molecule has 0 unspecified atom stereocenters. The molecule has 9 heteroatoms. The molecule has 1 N–H and O–H groups in total. The Bertz CT molecular complexity index is 788. The van der Waals surface area contributed by atoms with E-state index < -0.39 is 11.4 Å². The number of aliphatic hydroxyl groups is 1. The third-order valence-corrected chi connectivity index (χ3v) is 4.50. The Kier molecular flexibility index (Phi) is 4.68. The second kappa shape index (κ2) is 6.46. The van der Waals surface area contributed by atoms with E-state index in [0.717, 1.165) is 12.8 Å². The number of nitrogens with zero attached hydrogens (tertiary/aromatic N) is 4. The van der Waals surface area contributed by atoms with Crippen molar-refractivity contribution in [3.05, 3.63) is 16.3 Å². The highest BCUT2D eigenvalue weighted by Crippen LogP contribution is 2.37. The molecule has 0 radical (unpaired) electrons. The van der Waals surface area contributed by atoms with Gasteiger partial charge >= 0.3 is 0 Å². The Morgan fingerprint density at radius 3 is 2.71 bits per heavy atom. The second-order valence-corrected chi connectivity index (χ2v) is 6.84. The Balaban J connectivity index is 2.25. The lowest BCUT2D eigenvalue weighted by Crippen LogP contribution is -2.39. The quantitative estimate of drug-likeness (QED) is 0.642. The van der Waals surface area contributed by atoms with E-state index in [-0.39, 0.29) is 21.8 Å². The van der Waals surface area contributed by atoms with E-state index in [2.05, 4.69) is 15.0 Å². The van der Waals surface area contributed by atoms with Crippen LogP contribution in [-0.2, 0) is 0 Å². The van der Waals surface area contributed by atoms with Crippen molar-refractivity contribution in [2.24, 2.45) is 0 Å². The maximum absolute atomic E-state index is 14.4. The van der Waals surface area contributed by atoms with Crippen molar-refractivity contribution < 1.29 is 14.2 Å². The number of anilines is 1. The van der Waals surface area contributed by atoms with Crippen LogP contribution < -0.4 is 9.64 Å². The molecule has 1 atom stereocenters. The first-order valence-electron chi connectivity index (χ1n) is 7.56. The predicted octanol–water partition coefficient (Wildman–Crippen LogP) is 3.22. The van der Waals surface area contributed by atoms with E-state index in [1.165, 1.54) is 7.11 Å². The summed E-state index contributed by atoms with van der Waals surface area (Å²) in [6.45, 7) is 2.75. The smallest absolute Gasteiger partial charge is 0.228 e. The number of fused-ring (bicyclic) bond motifs is 1. The van der Waals surface area contributed by atoms with E-state index in [0.29, 0.717) is 30.7 Å². The van der Waals surface area contributed by atoms with Gasteiger partial charge in [-0.3, -0.25) is 0 Å². The number of rotatable bonds is 2. The predicted molar refractivity (Wildman–Crippen MR) is 90.6 cm³/mol. The molecule has 3 rings (SSSR count). The molecule has 3 heterocycles. The second-order valence-electron chi connectivity index (χ2n) is 6.14. The number of hydrogen-bond donors (Lipinski definition) is 1. The number of β-amino-alcohol motifs (C(OH)–C–C–N with tert-alkyl or cyclic N) is 1. The molecular formula is C15H17Cl2FN4O2. The van der Waals surface area contributed by atoms with Crippen molar-refractivity contribution in [1.82, 2.24) is 15.0 Å². The van der Waals surface area contributed by atoms with Crippen molar-refractivity contribution in [1.29, 1.82) is 0 Å². The Hall–Kier alpha value is -1.44. The minimum absolute atomic E-state index is 0.0502. The van der Waals surface area contributed by atoms with Gasteiger partial charge in [-0.15, -0.1) is 0 Å². The van der Waals surface area contributed by atoms with Gasteiger partial charge in [-0.05, 0) is 37.8 Å². The fourth-order valence-electron chi connectivity index (χ4n) is 3.01. The van der Waals surface area contributed by atoms with E-state index in [4.69, 9.17) is 27.9 Å². The Morgan fingerprint density at radius 1 is 1.25 bits per heavy atom. The van der Waals surface area contributed by atoms with Crippen LogP contribution in [0.2, 0.25) is 10.4 Å². The number of hydrogen-bond acceptors (Lipinski definition) is 6. The zero-order valence-electron chi connectivity index (χ0n) is 13.3. The zero-order chi connectivity index (χ0) is 17.5. The van der Waals surface area contributed by atoms with Crippen LogP contribution >= 0.6 is 23.2 Å². The summed E-state index contributed by atoms with van der Waals surface area (Å²) in [7, 11) is 1.41. The normalized spacial score (nSPS) is 21.8. The maximum Gasteiger partial charge on any atom is 0.228 e. The third-order valence-electron chi connectivity index (χ3n) is 4.08. The SMILES string of the molecule is COc1nc(Cl)c(F)c2nc(Cl)nc(N3CCCC[C@](C)(O)C3)c12. The topological polar surface area (TPSA) is 71.4 Å². The molecule has 0 aromatic carbocycles. The maximum atomic E-state index is 14.4. The summed E-state index contributed by atoms with van der Waals surface area (Å²) in [6.07, 6.45) is 2.43. The van der Waals surface area contributed by atoms with Gasteiger partial charge < -0.3 is 14.7 Å². The average Bonchev–Trinajstić information content (AvgIpc) is 2.71. The number of halogens is 3. The van der Waals surface area contributed by atoms with Gasteiger partial charge in [0.25, 0.3) is 0 Å². The summed E-state index contributed by atoms with van der Waals surface area (Å²) in [6, 6.07) is 0. The molecule has 0 spiro atoms. The molecule has 130 valence electrons. The van der Waals surface area contributed by atoms with Crippen molar-refractivity contribution in [2.75, 3.05) is 25.1 Å². The fourth-order valence-corrected chi connectivity index (χ4v) is 3.34. The van der Waals surface area contributed by atoms with Crippen LogP contribution in [-0.4, -0.2) is 45.9 Å². The highest BCUT2D eigenvalue weighted by molar-refractivity contribution is 6.31. The molecule has 1 aliphatic heterocycles. The molecule has 1 fully saturated rings. The van der Waals surface area contributed by atoms with E-state index in [9.17, 15) is 9.50 Å². The van der Waals surface area contributed by atoms with Crippen LogP contribution in [0.5, 0.6) is 5.88 Å². The van der Waals surface area contributed by atoms with Gasteiger partial charge in [0.05, 0.1) is 12.7 Å². The minimum atomic E-state index is -0.883. The molecule has 6 nitrogen and oxygen atoms in total. The number of pyridine rings is 1. The summed E-state index contributed by atoms with van der Waals surface area (Å²) < 4.78 is 19.7. The molecule has 0 amide bonds. The molecule has 0 bridgehead atoms. The van der Waals surface area contributed by atoms with Gasteiger partial charge in [-0.25, -0.2) is 9.37 Å². The Labute approximate surface area is 148 Å². The lowest BCUT2D eigenvalue weighted by molar-refractivity contribution is 0.0612. The van der Waals surface area contributed by atoms with Crippen LogP contribution in [0.15, 0.2) is 0 Å². The first-order chi connectivity index (χ1) is 11.3. The summed E-state index contributed by atoms with van der Waals surface area (Å²) in [5.74, 6) is -0.279. The van der Waals surface area contributed by atoms with Gasteiger partial charge in [0.1, 0.15) is 16.7 Å². The van der Waals surface area contributed by atoms with Gasteiger partial charge in [-0.1, -0.05) is 11.6 Å². The molecule has 1 saturated heterocycles. The number of methoxy groups -OCH3 is 1. The van der Waals surface area contributed by atoms with Crippen molar-refractivity contribution in [3.63, 3.8) is 0 Å². The summed E-state index contributed by atoms with van der Waals surface area (Å²) in [4.78, 5) is 14.0. The van der Waals surface area contributed by atoms with Gasteiger partial charge in [0.2, 0.25) is 11.2 Å². The molecular weight excluding hydrogens is 358 g/mol. The summed E-state index contributed by atoms with van der Waals surface area (Å²) in [5.41, 5.74) is -0.933. The molecule has 2 aromatic heterocycles. The summed E-state index contributed by atoms with van der Waals surface area (Å²) >= 11 is 11.8. The molecule has 24 heavy (non-hydrogen) atoms. The third kappa shape index (κ3) is 3.20. The van der Waals surface area contributed by atoms with E-state index in [1.54, 1.807) is 6.92 Å². The first kappa shape index (κ1) is 17.4. The first-order valence-corrected chi connectivity index (χ1v) is 8.31.